The molecule has 5 heteroatoms. The van der Waals surface area contributed by atoms with Crippen molar-refractivity contribution < 1.29 is 4.92 Å². The average Bonchev–Trinajstić information content (AvgIpc) is 2.15. The van der Waals surface area contributed by atoms with Crippen molar-refractivity contribution in [1.82, 2.24) is 0 Å². The van der Waals surface area contributed by atoms with Gasteiger partial charge in [-0.25, -0.2) is 0 Å². The summed E-state index contributed by atoms with van der Waals surface area (Å²) < 4.78 is 0. The van der Waals surface area contributed by atoms with E-state index in [1.54, 1.807) is 0 Å². The molecule has 0 spiro atoms. The Morgan fingerprint density at radius 3 is 2.81 bits per heavy atom. The number of nitro benzene ring substituents is 1. The summed E-state index contributed by atoms with van der Waals surface area (Å²) in [5, 5.41) is 11.3. The van der Waals surface area contributed by atoms with Crippen LogP contribution in [0.25, 0.3) is 0 Å². The smallest absolute Gasteiger partial charge is 0.274 e. The fraction of sp³-hybridized carbons (Fsp3) is 0.273. The first-order valence-corrected chi connectivity index (χ1v) is 5.13. The van der Waals surface area contributed by atoms with Crippen LogP contribution in [0.5, 0.6) is 0 Å². The molecule has 86 valence electrons. The van der Waals surface area contributed by atoms with Gasteiger partial charge < -0.3 is 5.73 Å². The predicted molar refractivity (Wildman–Crippen MR) is 64.5 cm³/mol. The van der Waals surface area contributed by atoms with Crippen LogP contribution < -0.4 is 5.73 Å². The molecule has 0 aromatic heterocycles. The summed E-state index contributed by atoms with van der Waals surface area (Å²) in [5.74, 6) is 0. The second-order valence-electron chi connectivity index (χ2n) is 3.73. The third-order valence-corrected chi connectivity index (χ3v) is 2.39. The van der Waals surface area contributed by atoms with E-state index < -0.39 is 11.0 Å². The Kier molecular flexibility index (Phi) is 4.04. The van der Waals surface area contributed by atoms with E-state index in [9.17, 15) is 10.1 Å². The van der Waals surface area contributed by atoms with Gasteiger partial charge in [-0.2, -0.15) is 0 Å². The van der Waals surface area contributed by atoms with Gasteiger partial charge in [0.15, 0.2) is 0 Å². The van der Waals surface area contributed by atoms with Crippen molar-refractivity contribution in [1.29, 1.82) is 0 Å². The monoisotopic (exact) mass is 240 g/mol. The normalized spacial score (nSPS) is 12.2. The minimum atomic E-state index is -0.454. The highest BCUT2D eigenvalue weighted by Crippen LogP contribution is 2.29. The Hall–Kier alpha value is -1.39. The molecule has 1 aromatic carbocycles. The van der Waals surface area contributed by atoms with E-state index in [4.69, 9.17) is 17.3 Å². The van der Waals surface area contributed by atoms with Crippen LogP contribution in [0.1, 0.15) is 24.9 Å². The molecule has 0 aliphatic rings. The van der Waals surface area contributed by atoms with Gasteiger partial charge in [0.1, 0.15) is 0 Å². The number of rotatable bonds is 4. The quantitative estimate of drug-likeness (QED) is 0.499. The first-order valence-electron chi connectivity index (χ1n) is 4.75. The zero-order valence-corrected chi connectivity index (χ0v) is 9.70. The van der Waals surface area contributed by atoms with Crippen molar-refractivity contribution in [2.45, 2.75) is 19.4 Å². The Morgan fingerprint density at radius 1 is 1.69 bits per heavy atom. The number of halogens is 1. The van der Waals surface area contributed by atoms with E-state index in [0.717, 1.165) is 5.57 Å². The van der Waals surface area contributed by atoms with Crippen LogP contribution in [0.2, 0.25) is 5.02 Å². The number of benzene rings is 1. The minimum Gasteiger partial charge on any atom is -0.323 e. The lowest BCUT2D eigenvalue weighted by Gasteiger charge is -2.12. The Labute approximate surface area is 98.9 Å². The molecule has 0 aliphatic heterocycles. The van der Waals surface area contributed by atoms with E-state index in [2.05, 4.69) is 6.58 Å². The molecule has 0 bridgehead atoms. The van der Waals surface area contributed by atoms with Crippen LogP contribution in [-0.4, -0.2) is 4.92 Å². The van der Waals surface area contributed by atoms with Crippen LogP contribution in [0.3, 0.4) is 0 Å². The molecule has 2 N–H and O–H groups in total. The van der Waals surface area contributed by atoms with Gasteiger partial charge in [0, 0.05) is 22.7 Å². The highest BCUT2D eigenvalue weighted by molar-refractivity contribution is 6.30. The van der Waals surface area contributed by atoms with Crippen LogP contribution in [0.15, 0.2) is 30.4 Å². The summed E-state index contributed by atoms with van der Waals surface area (Å²) in [6, 6.07) is 3.94. The standard InChI is InChI=1S/C11H13ClN2O2/c1-7(2)5-10(13)9-6-8(12)3-4-11(9)14(15)16/h3-4,6,10H,1,5,13H2,2H3/t10-/m0/s1. The molecule has 0 fully saturated rings. The second kappa shape index (κ2) is 5.09. The second-order valence-corrected chi connectivity index (χ2v) is 4.16. The van der Waals surface area contributed by atoms with Gasteiger partial charge in [0.2, 0.25) is 0 Å². The zero-order valence-electron chi connectivity index (χ0n) is 8.94. The van der Waals surface area contributed by atoms with Gasteiger partial charge in [0.05, 0.1) is 4.92 Å². The van der Waals surface area contributed by atoms with Gasteiger partial charge in [-0.3, -0.25) is 10.1 Å². The van der Waals surface area contributed by atoms with Crippen molar-refractivity contribution in [3.63, 3.8) is 0 Å². The lowest BCUT2D eigenvalue weighted by atomic mass is 10.00. The minimum absolute atomic E-state index is 0.00171. The lowest BCUT2D eigenvalue weighted by Crippen LogP contribution is -2.12. The number of nitrogens with two attached hydrogens (primary N) is 1. The molecule has 0 saturated heterocycles. The van der Waals surface area contributed by atoms with Gasteiger partial charge in [-0.15, -0.1) is 6.58 Å². The van der Waals surface area contributed by atoms with Gasteiger partial charge >= 0.3 is 0 Å². The van der Waals surface area contributed by atoms with Crippen LogP contribution in [-0.2, 0) is 0 Å². The van der Waals surface area contributed by atoms with E-state index in [1.165, 1.54) is 18.2 Å². The number of hydrogen-bond acceptors (Lipinski definition) is 3. The number of hydrogen-bond donors (Lipinski definition) is 1. The van der Waals surface area contributed by atoms with Crippen LogP contribution >= 0.6 is 11.6 Å². The van der Waals surface area contributed by atoms with E-state index in [0.29, 0.717) is 17.0 Å². The van der Waals surface area contributed by atoms with E-state index in [1.807, 2.05) is 6.92 Å². The molecule has 0 unspecified atom stereocenters. The lowest BCUT2D eigenvalue weighted by molar-refractivity contribution is -0.385. The molecular weight excluding hydrogens is 228 g/mol. The number of nitrogens with zero attached hydrogens (tertiary/aromatic N) is 1. The van der Waals surface area contributed by atoms with Crippen molar-refractivity contribution in [2.24, 2.45) is 5.73 Å². The molecule has 1 aromatic rings. The van der Waals surface area contributed by atoms with Crippen molar-refractivity contribution in [3.05, 3.63) is 51.1 Å². The molecule has 0 saturated carbocycles. The first kappa shape index (κ1) is 12.7. The molecule has 4 nitrogen and oxygen atoms in total. The Balaban J connectivity index is 3.13. The molecule has 0 radical (unpaired) electrons. The van der Waals surface area contributed by atoms with Gasteiger partial charge in [0.25, 0.3) is 5.69 Å². The maximum absolute atomic E-state index is 10.8. The van der Waals surface area contributed by atoms with E-state index in [-0.39, 0.29) is 5.69 Å². The van der Waals surface area contributed by atoms with Gasteiger partial charge in [-0.05, 0) is 25.5 Å². The van der Waals surface area contributed by atoms with E-state index >= 15 is 0 Å². The Bertz CT molecular complexity index is 432. The molecular formula is C11H13ClN2O2. The molecule has 0 heterocycles. The summed E-state index contributed by atoms with van der Waals surface area (Å²) in [6.45, 7) is 5.56. The summed E-state index contributed by atoms with van der Waals surface area (Å²) in [6.07, 6.45) is 0.501. The number of nitro groups is 1. The topological polar surface area (TPSA) is 69.2 Å². The molecule has 0 amide bonds. The average molecular weight is 241 g/mol. The van der Waals surface area contributed by atoms with Crippen molar-refractivity contribution in [2.75, 3.05) is 0 Å². The summed E-state index contributed by atoms with van der Waals surface area (Å²) in [7, 11) is 0. The largest absolute Gasteiger partial charge is 0.323 e. The SMILES string of the molecule is C=C(C)C[C@H](N)c1cc(Cl)ccc1[N+](=O)[O-]. The highest BCUT2D eigenvalue weighted by Gasteiger charge is 2.19. The summed E-state index contributed by atoms with van der Waals surface area (Å²) >= 11 is 5.80. The fourth-order valence-electron chi connectivity index (χ4n) is 1.47. The molecule has 1 atom stereocenters. The summed E-state index contributed by atoms with van der Waals surface area (Å²) in [4.78, 5) is 10.4. The maximum Gasteiger partial charge on any atom is 0.274 e. The van der Waals surface area contributed by atoms with Crippen LogP contribution in [0.4, 0.5) is 5.69 Å². The third-order valence-electron chi connectivity index (χ3n) is 2.15. The third kappa shape index (κ3) is 3.05. The molecule has 1 rings (SSSR count). The zero-order chi connectivity index (χ0) is 12.3. The highest BCUT2D eigenvalue weighted by atomic mass is 35.5. The Morgan fingerprint density at radius 2 is 2.31 bits per heavy atom. The predicted octanol–water partition coefficient (Wildman–Crippen LogP) is 3.21. The van der Waals surface area contributed by atoms with Crippen molar-refractivity contribution >= 4 is 17.3 Å². The maximum atomic E-state index is 10.8. The molecule has 0 aliphatic carbocycles. The first-order chi connectivity index (χ1) is 7.41. The molecule has 16 heavy (non-hydrogen) atoms. The van der Waals surface area contributed by atoms with Crippen molar-refractivity contribution in [3.8, 4) is 0 Å². The summed E-state index contributed by atoms with van der Waals surface area (Å²) in [5.41, 5.74) is 7.20. The van der Waals surface area contributed by atoms with Gasteiger partial charge in [-0.1, -0.05) is 17.2 Å². The van der Waals surface area contributed by atoms with Crippen LogP contribution in [0, 0.1) is 10.1 Å². The fourth-order valence-corrected chi connectivity index (χ4v) is 1.65.